The Balaban J connectivity index is 0.00000400. The second kappa shape index (κ2) is 10.7. The maximum Gasteiger partial charge on any atom is 0.191 e. The lowest BCUT2D eigenvalue weighted by Crippen LogP contribution is -2.37. The van der Waals surface area contributed by atoms with Gasteiger partial charge in [0.05, 0.1) is 0 Å². The van der Waals surface area contributed by atoms with E-state index in [-0.39, 0.29) is 24.0 Å². The van der Waals surface area contributed by atoms with Gasteiger partial charge < -0.3 is 15.5 Å². The predicted octanol–water partition coefficient (Wildman–Crippen LogP) is 3.14. The lowest BCUT2D eigenvalue weighted by atomic mass is 10.1. The molecule has 4 nitrogen and oxygen atoms in total. The van der Waals surface area contributed by atoms with Crippen LogP contribution in [0.15, 0.2) is 23.2 Å². The molecule has 0 aromatic heterocycles. The first kappa shape index (κ1) is 20.0. The summed E-state index contributed by atoms with van der Waals surface area (Å²) in [5.41, 5.74) is 3.83. The standard InChI is InChI=1S/C16H28N4.HI/c1-6-7-10-18-16(17-3)19-12-14-8-9-15(20(4)5)11-13(14)2;/h8-9,11H,6-7,10,12H2,1-5H3,(H2,17,18,19);1H. The summed E-state index contributed by atoms with van der Waals surface area (Å²) in [6.07, 6.45) is 2.35. The van der Waals surface area contributed by atoms with Crippen molar-refractivity contribution in [2.75, 3.05) is 32.6 Å². The topological polar surface area (TPSA) is 39.7 Å². The lowest BCUT2D eigenvalue weighted by molar-refractivity contribution is 0.728. The van der Waals surface area contributed by atoms with Gasteiger partial charge >= 0.3 is 0 Å². The summed E-state index contributed by atoms with van der Waals surface area (Å²) in [5, 5.41) is 6.68. The first-order valence-electron chi connectivity index (χ1n) is 7.29. The number of rotatable bonds is 6. The molecule has 0 saturated carbocycles. The van der Waals surface area contributed by atoms with E-state index in [0.717, 1.165) is 25.5 Å². The van der Waals surface area contributed by atoms with Gasteiger partial charge in [-0.3, -0.25) is 4.99 Å². The van der Waals surface area contributed by atoms with Crippen LogP contribution in [0.5, 0.6) is 0 Å². The molecule has 0 spiro atoms. The molecule has 0 aliphatic carbocycles. The van der Waals surface area contributed by atoms with Gasteiger partial charge in [0.15, 0.2) is 5.96 Å². The summed E-state index contributed by atoms with van der Waals surface area (Å²) in [5.74, 6) is 0.870. The number of guanidine groups is 1. The van der Waals surface area contributed by atoms with Crippen LogP contribution in [0.25, 0.3) is 0 Å². The molecule has 0 bridgehead atoms. The van der Waals surface area contributed by atoms with E-state index in [9.17, 15) is 0 Å². The number of unbranched alkanes of at least 4 members (excludes halogenated alkanes) is 1. The smallest absolute Gasteiger partial charge is 0.191 e. The maximum absolute atomic E-state index is 4.24. The molecular weight excluding hydrogens is 375 g/mol. The molecule has 0 aliphatic heterocycles. The highest BCUT2D eigenvalue weighted by Crippen LogP contribution is 2.17. The quantitative estimate of drug-likeness (QED) is 0.331. The van der Waals surface area contributed by atoms with Gasteiger partial charge in [-0.15, -0.1) is 24.0 Å². The number of aliphatic imine (C=N–C) groups is 1. The average Bonchev–Trinajstić information content (AvgIpc) is 2.43. The Morgan fingerprint density at radius 3 is 2.48 bits per heavy atom. The van der Waals surface area contributed by atoms with Crippen LogP contribution >= 0.6 is 24.0 Å². The Hall–Kier alpha value is -0.980. The van der Waals surface area contributed by atoms with E-state index < -0.39 is 0 Å². The van der Waals surface area contributed by atoms with Crippen LogP contribution in [0.1, 0.15) is 30.9 Å². The molecule has 0 heterocycles. The Morgan fingerprint density at radius 2 is 1.95 bits per heavy atom. The third-order valence-corrected chi connectivity index (χ3v) is 3.34. The number of hydrogen-bond donors (Lipinski definition) is 2. The molecule has 1 rings (SSSR count). The van der Waals surface area contributed by atoms with Gasteiger partial charge in [-0.05, 0) is 36.6 Å². The Bertz CT molecular complexity index is 444. The normalized spacial score (nSPS) is 10.8. The fourth-order valence-corrected chi connectivity index (χ4v) is 1.94. The second-order valence-corrected chi connectivity index (χ2v) is 5.21. The number of halogens is 1. The molecule has 0 fully saturated rings. The van der Waals surface area contributed by atoms with Crippen molar-refractivity contribution in [3.8, 4) is 0 Å². The zero-order valence-electron chi connectivity index (χ0n) is 13.9. The van der Waals surface area contributed by atoms with Gasteiger partial charge in [0.2, 0.25) is 0 Å². The van der Waals surface area contributed by atoms with E-state index >= 15 is 0 Å². The number of nitrogens with one attached hydrogen (secondary N) is 2. The van der Waals surface area contributed by atoms with Gasteiger partial charge in [0.1, 0.15) is 0 Å². The molecule has 0 saturated heterocycles. The monoisotopic (exact) mass is 404 g/mol. The Kier molecular flexibility index (Phi) is 10.2. The molecule has 0 aliphatic rings. The Labute approximate surface area is 146 Å². The molecule has 5 heteroatoms. The van der Waals surface area contributed by atoms with Gasteiger partial charge in [-0.2, -0.15) is 0 Å². The summed E-state index contributed by atoms with van der Waals surface area (Å²) < 4.78 is 0. The molecule has 0 unspecified atom stereocenters. The van der Waals surface area contributed by atoms with Gasteiger partial charge in [0.25, 0.3) is 0 Å². The van der Waals surface area contributed by atoms with E-state index in [1.54, 1.807) is 0 Å². The van der Waals surface area contributed by atoms with Crippen LogP contribution < -0.4 is 15.5 Å². The van der Waals surface area contributed by atoms with E-state index in [1.165, 1.54) is 23.2 Å². The molecular formula is C16H29IN4. The molecule has 1 aromatic rings. The first-order valence-corrected chi connectivity index (χ1v) is 7.29. The van der Waals surface area contributed by atoms with Crippen molar-refractivity contribution in [1.82, 2.24) is 10.6 Å². The van der Waals surface area contributed by atoms with Crippen molar-refractivity contribution in [3.05, 3.63) is 29.3 Å². The summed E-state index contributed by atoms with van der Waals surface area (Å²) in [4.78, 5) is 6.36. The van der Waals surface area contributed by atoms with Crippen LogP contribution in [0, 0.1) is 6.92 Å². The van der Waals surface area contributed by atoms with Crippen LogP contribution in [-0.4, -0.2) is 33.6 Å². The first-order chi connectivity index (χ1) is 9.58. The average molecular weight is 404 g/mol. The van der Waals surface area contributed by atoms with E-state index in [0.29, 0.717) is 0 Å². The Morgan fingerprint density at radius 1 is 1.24 bits per heavy atom. The highest BCUT2D eigenvalue weighted by molar-refractivity contribution is 14.0. The van der Waals surface area contributed by atoms with E-state index in [4.69, 9.17) is 0 Å². The lowest BCUT2D eigenvalue weighted by Gasteiger charge is -2.16. The minimum absolute atomic E-state index is 0. The predicted molar refractivity (Wildman–Crippen MR) is 104 cm³/mol. The third kappa shape index (κ3) is 7.02. The van der Waals surface area contributed by atoms with E-state index in [2.05, 4.69) is 66.7 Å². The maximum atomic E-state index is 4.24. The summed E-state index contributed by atoms with van der Waals surface area (Å²) in [6.45, 7) is 6.10. The van der Waals surface area contributed by atoms with Crippen molar-refractivity contribution in [1.29, 1.82) is 0 Å². The molecule has 1 aromatic carbocycles. The minimum Gasteiger partial charge on any atom is -0.378 e. The second-order valence-electron chi connectivity index (χ2n) is 5.21. The van der Waals surface area contributed by atoms with Gasteiger partial charge in [-0.25, -0.2) is 0 Å². The summed E-state index contributed by atoms with van der Waals surface area (Å²) in [7, 11) is 5.93. The van der Waals surface area contributed by atoms with Crippen molar-refractivity contribution >= 4 is 35.6 Å². The number of hydrogen-bond acceptors (Lipinski definition) is 2. The van der Waals surface area contributed by atoms with Crippen molar-refractivity contribution in [2.24, 2.45) is 4.99 Å². The molecule has 0 radical (unpaired) electrons. The van der Waals surface area contributed by atoms with Gasteiger partial charge in [-0.1, -0.05) is 19.4 Å². The fraction of sp³-hybridized carbons (Fsp3) is 0.562. The molecule has 0 atom stereocenters. The van der Waals surface area contributed by atoms with E-state index in [1.807, 2.05) is 7.05 Å². The molecule has 21 heavy (non-hydrogen) atoms. The summed E-state index contributed by atoms with van der Waals surface area (Å²) in [6, 6.07) is 6.54. The third-order valence-electron chi connectivity index (χ3n) is 3.34. The largest absolute Gasteiger partial charge is 0.378 e. The molecule has 120 valence electrons. The number of aryl methyl sites for hydroxylation is 1. The highest BCUT2D eigenvalue weighted by atomic mass is 127. The van der Waals surface area contributed by atoms with Crippen LogP contribution in [0.4, 0.5) is 5.69 Å². The van der Waals surface area contributed by atoms with Crippen LogP contribution in [0.2, 0.25) is 0 Å². The zero-order chi connectivity index (χ0) is 15.0. The molecule has 2 N–H and O–H groups in total. The van der Waals surface area contributed by atoms with Crippen molar-refractivity contribution in [3.63, 3.8) is 0 Å². The minimum atomic E-state index is 0. The van der Waals surface area contributed by atoms with Gasteiger partial charge in [0, 0.05) is 39.9 Å². The number of nitrogens with zero attached hydrogens (tertiary/aromatic N) is 2. The number of anilines is 1. The fourth-order valence-electron chi connectivity index (χ4n) is 1.94. The number of benzene rings is 1. The highest BCUT2D eigenvalue weighted by Gasteiger charge is 2.03. The molecule has 0 amide bonds. The SMILES string of the molecule is CCCCNC(=NC)NCc1ccc(N(C)C)cc1C.I. The van der Waals surface area contributed by atoms with Crippen LogP contribution in [0.3, 0.4) is 0 Å². The van der Waals surface area contributed by atoms with Crippen LogP contribution in [-0.2, 0) is 6.54 Å². The summed E-state index contributed by atoms with van der Waals surface area (Å²) >= 11 is 0. The van der Waals surface area contributed by atoms with Crippen molar-refractivity contribution in [2.45, 2.75) is 33.2 Å². The van der Waals surface area contributed by atoms with Crippen molar-refractivity contribution < 1.29 is 0 Å². The zero-order valence-corrected chi connectivity index (χ0v) is 16.2.